The summed E-state index contributed by atoms with van der Waals surface area (Å²) in [6.45, 7) is 7.14. The molecule has 1 atom stereocenters. The number of fused-ring (bicyclic) bond motifs is 1. The van der Waals surface area contributed by atoms with Crippen molar-refractivity contribution in [2.75, 3.05) is 6.61 Å². The maximum atomic E-state index is 11.1. The minimum atomic E-state index is -0.754. The van der Waals surface area contributed by atoms with Crippen LogP contribution in [0.25, 0.3) is 0 Å². The molecular weight excluding hydrogens is 334 g/mol. The third-order valence-corrected chi connectivity index (χ3v) is 5.14. The van der Waals surface area contributed by atoms with Gasteiger partial charge in [0.1, 0.15) is 11.9 Å². The zero-order chi connectivity index (χ0) is 18.0. The molecule has 0 saturated heterocycles. The molecule has 1 amide bonds. The molecule has 2 aromatic carbocycles. The molecule has 0 radical (unpaired) electrons. The highest BCUT2D eigenvalue weighted by Crippen LogP contribution is 2.39. The van der Waals surface area contributed by atoms with Gasteiger partial charge in [-0.25, -0.2) is 4.79 Å². The van der Waals surface area contributed by atoms with Gasteiger partial charge in [-0.05, 0) is 35.2 Å². The normalized spacial score (nSPS) is 16.7. The van der Waals surface area contributed by atoms with Crippen molar-refractivity contribution in [3.8, 4) is 5.75 Å². The summed E-state index contributed by atoms with van der Waals surface area (Å²) < 4.78 is 10.9. The number of carbonyl (C=O) groups excluding carboxylic acids is 1. The standard InChI is InChI=1S/C20H23NO3S/c1-20(2,3)13-5-4-6-14(11-13)25-15-7-8-16-17(24-19(21)22)9-10-23-18(16)12-15/h4-8,11-12,17H,9-10H2,1-3H3,(H2,21,22). The fourth-order valence-electron chi connectivity index (χ4n) is 2.83. The Morgan fingerprint density at radius 1 is 1.20 bits per heavy atom. The molecule has 0 aromatic heterocycles. The van der Waals surface area contributed by atoms with Gasteiger partial charge >= 0.3 is 6.09 Å². The lowest BCUT2D eigenvalue weighted by atomic mass is 9.87. The van der Waals surface area contributed by atoms with E-state index in [0.717, 1.165) is 16.2 Å². The molecule has 1 unspecified atom stereocenters. The molecule has 2 aromatic rings. The molecule has 1 aliphatic rings. The van der Waals surface area contributed by atoms with E-state index < -0.39 is 6.09 Å². The molecule has 0 saturated carbocycles. The number of rotatable bonds is 3. The van der Waals surface area contributed by atoms with Crippen LogP contribution in [-0.4, -0.2) is 12.7 Å². The lowest BCUT2D eigenvalue weighted by Crippen LogP contribution is -2.22. The van der Waals surface area contributed by atoms with Gasteiger partial charge in [-0.3, -0.25) is 0 Å². The molecule has 1 aliphatic heterocycles. The second-order valence-corrected chi connectivity index (χ2v) is 8.29. The predicted octanol–water partition coefficient (Wildman–Crippen LogP) is 5.05. The van der Waals surface area contributed by atoms with E-state index in [0.29, 0.717) is 13.0 Å². The number of primary amides is 1. The van der Waals surface area contributed by atoms with Crippen LogP contribution in [-0.2, 0) is 10.2 Å². The fourth-order valence-corrected chi connectivity index (χ4v) is 3.73. The van der Waals surface area contributed by atoms with Crippen LogP contribution < -0.4 is 10.5 Å². The van der Waals surface area contributed by atoms with Crippen LogP contribution in [0.5, 0.6) is 5.75 Å². The fraction of sp³-hybridized carbons (Fsp3) is 0.350. The Kier molecular flexibility index (Phi) is 4.95. The number of ether oxygens (including phenoxy) is 2. The SMILES string of the molecule is CC(C)(C)c1cccc(Sc2ccc3c(c2)OCCC3OC(N)=O)c1. The second-order valence-electron chi connectivity index (χ2n) is 7.14. The van der Waals surface area contributed by atoms with E-state index in [1.807, 2.05) is 18.2 Å². The van der Waals surface area contributed by atoms with Gasteiger partial charge in [0, 0.05) is 21.8 Å². The third kappa shape index (κ3) is 4.28. The van der Waals surface area contributed by atoms with E-state index in [4.69, 9.17) is 15.2 Å². The van der Waals surface area contributed by atoms with Gasteiger partial charge in [-0.2, -0.15) is 0 Å². The number of hydrogen-bond acceptors (Lipinski definition) is 4. The Morgan fingerprint density at radius 3 is 2.68 bits per heavy atom. The van der Waals surface area contributed by atoms with Crippen LogP contribution in [0.3, 0.4) is 0 Å². The molecule has 25 heavy (non-hydrogen) atoms. The highest BCUT2D eigenvalue weighted by molar-refractivity contribution is 7.99. The highest BCUT2D eigenvalue weighted by Gasteiger charge is 2.24. The van der Waals surface area contributed by atoms with Gasteiger partial charge in [0.25, 0.3) is 0 Å². The maximum absolute atomic E-state index is 11.1. The minimum absolute atomic E-state index is 0.120. The monoisotopic (exact) mass is 357 g/mol. The number of carbonyl (C=O) groups is 1. The van der Waals surface area contributed by atoms with Gasteiger partial charge in [-0.1, -0.05) is 50.7 Å². The van der Waals surface area contributed by atoms with Gasteiger partial charge in [0.2, 0.25) is 0 Å². The van der Waals surface area contributed by atoms with Crippen molar-refractivity contribution in [1.82, 2.24) is 0 Å². The number of hydrogen-bond donors (Lipinski definition) is 1. The van der Waals surface area contributed by atoms with E-state index in [9.17, 15) is 4.79 Å². The van der Waals surface area contributed by atoms with E-state index in [1.54, 1.807) is 11.8 Å². The smallest absolute Gasteiger partial charge is 0.405 e. The predicted molar refractivity (Wildman–Crippen MR) is 99.2 cm³/mol. The summed E-state index contributed by atoms with van der Waals surface area (Å²) in [6, 6.07) is 14.6. The molecule has 1 heterocycles. The first-order chi connectivity index (χ1) is 11.8. The van der Waals surface area contributed by atoms with Crippen molar-refractivity contribution in [3.05, 3.63) is 53.6 Å². The van der Waals surface area contributed by atoms with Gasteiger partial charge < -0.3 is 15.2 Å². The lowest BCUT2D eigenvalue weighted by molar-refractivity contribution is 0.0764. The van der Waals surface area contributed by atoms with Crippen molar-refractivity contribution in [1.29, 1.82) is 0 Å². The molecule has 4 nitrogen and oxygen atoms in total. The first-order valence-electron chi connectivity index (χ1n) is 8.34. The topological polar surface area (TPSA) is 61.6 Å². The summed E-state index contributed by atoms with van der Waals surface area (Å²) in [6.07, 6.45) is -0.462. The first kappa shape index (κ1) is 17.7. The van der Waals surface area contributed by atoms with E-state index in [2.05, 4.69) is 45.0 Å². The van der Waals surface area contributed by atoms with Crippen molar-refractivity contribution in [2.24, 2.45) is 5.73 Å². The molecular formula is C20H23NO3S. The number of benzene rings is 2. The largest absolute Gasteiger partial charge is 0.493 e. The van der Waals surface area contributed by atoms with Crippen LogP contribution in [0, 0.1) is 0 Å². The summed E-state index contributed by atoms with van der Waals surface area (Å²) in [7, 11) is 0. The second kappa shape index (κ2) is 7.00. The van der Waals surface area contributed by atoms with Crippen LogP contribution in [0.2, 0.25) is 0 Å². The van der Waals surface area contributed by atoms with E-state index in [1.165, 1.54) is 10.5 Å². The van der Waals surface area contributed by atoms with Crippen LogP contribution >= 0.6 is 11.8 Å². The molecule has 5 heteroatoms. The van der Waals surface area contributed by atoms with Crippen molar-refractivity contribution in [2.45, 2.75) is 48.5 Å². The Hall–Kier alpha value is -2.14. The average Bonchev–Trinajstić information content (AvgIpc) is 2.54. The Balaban J connectivity index is 1.82. The van der Waals surface area contributed by atoms with Crippen molar-refractivity contribution in [3.63, 3.8) is 0 Å². The van der Waals surface area contributed by atoms with Crippen LogP contribution in [0.15, 0.2) is 52.3 Å². The molecule has 0 spiro atoms. The average molecular weight is 357 g/mol. The molecule has 3 rings (SSSR count). The Labute approximate surface area is 152 Å². The quantitative estimate of drug-likeness (QED) is 0.834. The Bertz CT molecular complexity index is 783. The zero-order valence-corrected chi connectivity index (χ0v) is 15.6. The summed E-state index contributed by atoms with van der Waals surface area (Å²) in [5.74, 6) is 0.759. The summed E-state index contributed by atoms with van der Waals surface area (Å²) in [5, 5.41) is 0. The maximum Gasteiger partial charge on any atom is 0.405 e. The molecule has 132 valence electrons. The Morgan fingerprint density at radius 2 is 1.96 bits per heavy atom. The molecule has 0 bridgehead atoms. The number of nitrogens with two attached hydrogens (primary N) is 1. The zero-order valence-electron chi connectivity index (χ0n) is 14.7. The summed E-state index contributed by atoms with van der Waals surface area (Å²) in [5.41, 5.74) is 7.46. The molecule has 2 N–H and O–H groups in total. The third-order valence-electron chi connectivity index (χ3n) is 4.16. The van der Waals surface area contributed by atoms with Gasteiger partial charge in [0.15, 0.2) is 0 Å². The van der Waals surface area contributed by atoms with Gasteiger partial charge in [0.05, 0.1) is 6.61 Å². The first-order valence-corrected chi connectivity index (χ1v) is 9.16. The minimum Gasteiger partial charge on any atom is -0.493 e. The van der Waals surface area contributed by atoms with Crippen LogP contribution in [0.1, 0.15) is 44.4 Å². The van der Waals surface area contributed by atoms with E-state index >= 15 is 0 Å². The number of amides is 1. The van der Waals surface area contributed by atoms with Crippen LogP contribution in [0.4, 0.5) is 4.79 Å². The van der Waals surface area contributed by atoms with Crippen molar-refractivity contribution >= 4 is 17.9 Å². The lowest BCUT2D eigenvalue weighted by Gasteiger charge is -2.25. The highest BCUT2D eigenvalue weighted by atomic mass is 32.2. The molecule has 0 fully saturated rings. The summed E-state index contributed by atoms with van der Waals surface area (Å²) >= 11 is 1.69. The van der Waals surface area contributed by atoms with Gasteiger partial charge in [-0.15, -0.1) is 0 Å². The molecule has 0 aliphatic carbocycles. The van der Waals surface area contributed by atoms with Crippen molar-refractivity contribution < 1.29 is 14.3 Å². The summed E-state index contributed by atoms with van der Waals surface area (Å²) in [4.78, 5) is 13.3. The van der Waals surface area contributed by atoms with E-state index in [-0.39, 0.29) is 11.5 Å².